The Kier molecular flexibility index (Phi) is 11.4. The van der Waals surface area contributed by atoms with Gasteiger partial charge in [0, 0.05) is 30.6 Å². The first-order valence-electron chi connectivity index (χ1n) is 12.8. The number of hydrogen-bond donors (Lipinski definition) is 1. The maximum Gasteiger partial charge on any atom is 0.243 e. The Hall–Kier alpha value is -2.58. The van der Waals surface area contributed by atoms with Crippen molar-refractivity contribution in [1.82, 2.24) is 10.2 Å². The molecule has 2 amide bonds. The zero-order valence-corrected chi connectivity index (χ0v) is 24.3. The Balaban J connectivity index is 2.26. The summed E-state index contributed by atoms with van der Waals surface area (Å²) >= 11 is 6.23. The second kappa shape index (κ2) is 13.8. The summed E-state index contributed by atoms with van der Waals surface area (Å²) in [7, 11) is -3.59. The Morgan fingerprint density at radius 3 is 2.32 bits per heavy atom. The van der Waals surface area contributed by atoms with Crippen molar-refractivity contribution in [3.8, 4) is 0 Å². The molecular formula is C28H40ClN3O4S. The van der Waals surface area contributed by atoms with Gasteiger partial charge in [0.05, 0.1) is 11.9 Å². The average Bonchev–Trinajstić information content (AvgIpc) is 2.82. The van der Waals surface area contributed by atoms with Crippen LogP contribution in [0.2, 0.25) is 5.02 Å². The highest BCUT2D eigenvalue weighted by Gasteiger charge is 2.29. The summed E-state index contributed by atoms with van der Waals surface area (Å²) < 4.78 is 26.5. The molecule has 0 bridgehead atoms. The highest BCUT2D eigenvalue weighted by molar-refractivity contribution is 7.92. The minimum atomic E-state index is -3.59. The summed E-state index contributed by atoms with van der Waals surface area (Å²) in [6.07, 6.45) is 2.80. The minimum Gasteiger partial charge on any atom is -0.352 e. The minimum absolute atomic E-state index is 0.00160. The fourth-order valence-electron chi connectivity index (χ4n) is 4.22. The number of carbonyl (C=O) groups excluding carboxylic acids is 2. The van der Waals surface area contributed by atoms with Crippen LogP contribution in [0.3, 0.4) is 0 Å². The highest BCUT2D eigenvalue weighted by Crippen LogP contribution is 2.28. The van der Waals surface area contributed by atoms with Crippen LogP contribution < -0.4 is 9.62 Å². The fraction of sp³-hybridized carbons (Fsp3) is 0.500. The van der Waals surface area contributed by atoms with Crippen LogP contribution in [0, 0.1) is 13.8 Å². The van der Waals surface area contributed by atoms with Crippen LogP contribution in [-0.2, 0) is 26.2 Å². The molecule has 0 saturated heterocycles. The molecule has 0 spiro atoms. The summed E-state index contributed by atoms with van der Waals surface area (Å²) in [4.78, 5) is 28.3. The lowest BCUT2D eigenvalue weighted by molar-refractivity contribution is -0.141. The van der Waals surface area contributed by atoms with E-state index in [0.717, 1.165) is 23.8 Å². The third-order valence-electron chi connectivity index (χ3n) is 6.48. The van der Waals surface area contributed by atoms with Crippen molar-refractivity contribution in [2.24, 2.45) is 0 Å². The van der Waals surface area contributed by atoms with Gasteiger partial charge in [-0.1, -0.05) is 61.3 Å². The van der Waals surface area contributed by atoms with Crippen molar-refractivity contribution < 1.29 is 18.0 Å². The van der Waals surface area contributed by atoms with E-state index in [1.807, 2.05) is 52.0 Å². The number of benzene rings is 2. The van der Waals surface area contributed by atoms with Gasteiger partial charge in [-0.05, 0) is 63.3 Å². The molecule has 2 rings (SSSR count). The molecule has 7 nitrogen and oxygen atoms in total. The first kappa shape index (κ1) is 30.6. The SMILES string of the molecule is CC[C@H](C(=O)N[C@@H](C)CC)N(Cc1cccc(C)c1)C(=O)CCCN(c1cccc(Cl)c1C)S(C)(=O)=O. The van der Waals surface area contributed by atoms with Gasteiger partial charge < -0.3 is 10.2 Å². The largest absolute Gasteiger partial charge is 0.352 e. The molecule has 0 aliphatic heterocycles. The molecule has 37 heavy (non-hydrogen) atoms. The van der Waals surface area contributed by atoms with Gasteiger partial charge in [0.1, 0.15) is 6.04 Å². The third kappa shape index (κ3) is 8.75. The van der Waals surface area contributed by atoms with Crippen molar-refractivity contribution in [2.75, 3.05) is 17.1 Å². The molecule has 0 unspecified atom stereocenters. The average molecular weight is 550 g/mol. The first-order valence-corrected chi connectivity index (χ1v) is 15.0. The summed E-state index contributed by atoms with van der Waals surface area (Å²) in [5.41, 5.74) is 3.17. The highest BCUT2D eigenvalue weighted by atomic mass is 35.5. The Morgan fingerprint density at radius 1 is 1.05 bits per heavy atom. The number of hydrogen-bond acceptors (Lipinski definition) is 4. The fourth-order valence-corrected chi connectivity index (χ4v) is 5.40. The van der Waals surface area contributed by atoms with Crippen LogP contribution in [0.5, 0.6) is 0 Å². The van der Waals surface area contributed by atoms with E-state index < -0.39 is 16.1 Å². The lowest BCUT2D eigenvalue weighted by atomic mass is 10.1. The van der Waals surface area contributed by atoms with Gasteiger partial charge in [0.25, 0.3) is 0 Å². The van der Waals surface area contributed by atoms with E-state index in [9.17, 15) is 18.0 Å². The van der Waals surface area contributed by atoms with E-state index in [2.05, 4.69) is 5.32 Å². The number of nitrogens with one attached hydrogen (secondary N) is 1. The van der Waals surface area contributed by atoms with Crippen molar-refractivity contribution in [3.63, 3.8) is 0 Å². The molecule has 0 aromatic heterocycles. The second-order valence-corrected chi connectivity index (χ2v) is 11.9. The molecule has 0 fully saturated rings. The van der Waals surface area contributed by atoms with E-state index in [-0.39, 0.29) is 30.8 Å². The monoisotopic (exact) mass is 549 g/mol. The number of carbonyl (C=O) groups is 2. The summed E-state index contributed by atoms with van der Waals surface area (Å²) in [6.45, 7) is 10.0. The molecule has 0 heterocycles. The number of amides is 2. The second-order valence-electron chi connectivity index (χ2n) is 9.58. The van der Waals surface area contributed by atoms with Crippen LogP contribution in [0.25, 0.3) is 0 Å². The van der Waals surface area contributed by atoms with Crippen LogP contribution in [-0.4, -0.2) is 50.0 Å². The molecule has 0 radical (unpaired) electrons. The number of rotatable bonds is 13. The van der Waals surface area contributed by atoms with Crippen LogP contribution in [0.4, 0.5) is 5.69 Å². The normalized spacial score (nSPS) is 13.1. The van der Waals surface area contributed by atoms with Gasteiger partial charge >= 0.3 is 0 Å². The standard InChI is InChI=1S/C28H40ClN3O4S/c1-7-21(4)30-28(34)25(8-2)31(19-23-13-9-12-20(3)18-23)27(33)16-11-17-32(37(6,35)36)26-15-10-14-24(29)22(26)5/h9-10,12-15,18,21,25H,7-8,11,16-17,19H2,1-6H3,(H,30,34)/t21-,25+/m0/s1. The molecular weight excluding hydrogens is 510 g/mol. The predicted octanol–water partition coefficient (Wildman–Crippen LogP) is 5.23. The summed E-state index contributed by atoms with van der Waals surface area (Å²) in [6, 6.07) is 12.4. The molecule has 9 heteroatoms. The van der Waals surface area contributed by atoms with Gasteiger partial charge in [-0.25, -0.2) is 8.42 Å². The van der Waals surface area contributed by atoms with E-state index in [1.54, 1.807) is 30.0 Å². The molecule has 0 saturated carbocycles. The quantitative estimate of drug-likeness (QED) is 0.371. The lowest BCUT2D eigenvalue weighted by Crippen LogP contribution is -2.50. The van der Waals surface area contributed by atoms with Gasteiger partial charge in [0.2, 0.25) is 21.8 Å². The van der Waals surface area contributed by atoms with Gasteiger partial charge in [-0.2, -0.15) is 0 Å². The van der Waals surface area contributed by atoms with Crippen LogP contribution >= 0.6 is 11.6 Å². The smallest absolute Gasteiger partial charge is 0.243 e. The molecule has 204 valence electrons. The first-order chi connectivity index (χ1) is 17.4. The summed E-state index contributed by atoms with van der Waals surface area (Å²) in [5.74, 6) is -0.367. The molecule has 0 aliphatic rings. The maximum atomic E-state index is 13.5. The maximum absolute atomic E-state index is 13.5. The zero-order valence-electron chi connectivity index (χ0n) is 22.8. The van der Waals surface area contributed by atoms with Gasteiger partial charge in [0.15, 0.2) is 0 Å². The lowest BCUT2D eigenvalue weighted by Gasteiger charge is -2.32. The Bertz CT molecular complexity index is 1190. The molecule has 1 N–H and O–H groups in total. The summed E-state index contributed by atoms with van der Waals surface area (Å²) in [5, 5.41) is 3.48. The predicted molar refractivity (Wildman–Crippen MR) is 151 cm³/mol. The van der Waals surface area contributed by atoms with Crippen molar-refractivity contribution in [2.45, 2.75) is 78.9 Å². The van der Waals surface area contributed by atoms with Crippen LogP contribution in [0.1, 0.15) is 63.1 Å². The number of anilines is 1. The van der Waals surface area contributed by atoms with Crippen molar-refractivity contribution in [1.29, 1.82) is 0 Å². The van der Waals surface area contributed by atoms with Gasteiger partial charge in [-0.15, -0.1) is 0 Å². The van der Waals surface area contributed by atoms with E-state index in [1.165, 1.54) is 4.31 Å². The topological polar surface area (TPSA) is 86.8 Å². The van der Waals surface area contributed by atoms with Crippen molar-refractivity contribution >= 4 is 39.1 Å². The third-order valence-corrected chi connectivity index (χ3v) is 8.07. The molecule has 2 aromatic rings. The van der Waals surface area contributed by atoms with Crippen LogP contribution in [0.15, 0.2) is 42.5 Å². The zero-order chi connectivity index (χ0) is 27.8. The van der Waals surface area contributed by atoms with Crippen molar-refractivity contribution in [3.05, 3.63) is 64.2 Å². The molecule has 2 aromatic carbocycles. The molecule has 2 atom stereocenters. The number of sulfonamides is 1. The van der Waals surface area contributed by atoms with E-state index in [0.29, 0.717) is 35.7 Å². The van der Waals surface area contributed by atoms with E-state index in [4.69, 9.17) is 11.6 Å². The number of halogens is 1. The van der Waals surface area contributed by atoms with Gasteiger partial charge in [-0.3, -0.25) is 13.9 Å². The Morgan fingerprint density at radius 2 is 1.73 bits per heavy atom. The molecule has 0 aliphatic carbocycles. The Labute approximate surface area is 227 Å². The van der Waals surface area contributed by atoms with E-state index >= 15 is 0 Å². The number of aryl methyl sites for hydroxylation is 1. The number of nitrogens with zero attached hydrogens (tertiary/aromatic N) is 2.